The minimum absolute atomic E-state index is 0.274. The minimum Gasteiger partial charge on any atom is -0.340 e. The van der Waals surface area contributed by atoms with Gasteiger partial charge in [-0.25, -0.2) is 9.37 Å². The van der Waals surface area contributed by atoms with Crippen LogP contribution in [0.2, 0.25) is 0 Å². The number of halogens is 2. The number of rotatable bonds is 5. The number of aryl methyl sites for hydroxylation is 1. The van der Waals surface area contributed by atoms with E-state index in [1.807, 2.05) is 25.1 Å². The summed E-state index contributed by atoms with van der Waals surface area (Å²) in [4.78, 5) is 8.97. The Bertz CT molecular complexity index is 1100. The van der Waals surface area contributed by atoms with Gasteiger partial charge in [0.15, 0.2) is 0 Å². The Labute approximate surface area is 168 Å². The van der Waals surface area contributed by atoms with Crippen molar-refractivity contribution in [3.63, 3.8) is 0 Å². The van der Waals surface area contributed by atoms with E-state index in [2.05, 4.69) is 48.4 Å². The predicted octanol–water partition coefficient (Wildman–Crippen LogP) is 5.37. The molecule has 2 aromatic heterocycles. The van der Waals surface area contributed by atoms with Crippen molar-refractivity contribution in [2.45, 2.75) is 17.8 Å². The Morgan fingerprint density at radius 3 is 2.70 bits per heavy atom. The Morgan fingerprint density at radius 2 is 1.93 bits per heavy atom. The molecular formula is C19H15BrFN5S. The van der Waals surface area contributed by atoms with Crippen molar-refractivity contribution in [2.24, 2.45) is 0 Å². The number of fused-ring (bicyclic) bond motifs is 1. The van der Waals surface area contributed by atoms with E-state index in [-0.39, 0.29) is 5.82 Å². The van der Waals surface area contributed by atoms with Gasteiger partial charge >= 0.3 is 0 Å². The summed E-state index contributed by atoms with van der Waals surface area (Å²) in [6.45, 7) is 1.90. The van der Waals surface area contributed by atoms with Gasteiger partial charge in [-0.3, -0.25) is 0 Å². The summed E-state index contributed by atoms with van der Waals surface area (Å²) in [5, 5.41) is 8.46. The van der Waals surface area contributed by atoms with Gasteiger partial charge in [-0.2, -0.15) is 9.50 Å². The Hall–Kier alpha value is -2.45. The van der Waals surface area contributed by atoms with Crippen molar-refractivity contribution in [3.8, 4) is 0 Å². The zero-order valence-electron chi connectivity index (χ0n) is 14.4. The first kappa shape index (κ1) is 17.9. The van der Waals surface area contributed by atoms with Gasteiger partial charge in [-0.15, -0.1) is 5.10 Å². The second kappa shape index (κ2) is 7.66. The van der Waals surface area contributed by atoms with Gasteiger partial charge in [-0.1, -0.05) is 39.8 Å². The summed E-state index contributed by atoms with van der Waals surface area (Å²) in [6.07, 6.45) is 0. The zero-order chi connectivity index (χ0) is 18.8. The standard InChI is InChI=1S/C19H15BrFN5S/c1-12-9-17(23-16-7-5-15(21)6-8-16)26-18(22-12)24-19(25-26)27-11-13-3-2-4-14(20)10-13/h2-10,23H,11H2,1H3. The van der Waals surface area contributed by atoms with Crippen LogP contribution in [0, 0.1) is 12.7 Å². The first-order chi connectivity index (χ1) is 13.1. The van der Waals surface area contributed by atoms with E-state index < -0.39 is 0 Å². The highest BCUT2D eigenvalue weighted by molar-refractivity contribution is 9.10. The number of anilines is 2. The lowest BCUT2D eigenvalue weighted by Gasteiger charge is -2.08. The van der Waals surface area contributed by atoms with Crippen LogP contribution in [0.4, 0.5) is 15.9 Å². The molecule has 4 aromatic rings. The molecule has 0 spiro atoms. The lowest BCUT2D eigenvalue weighted by molar-refractivity contribution is 0.628. The summed E-state index contributed by atoms with van der Waals surface area (Å²) in [7, 11) is 0. The maximum absolute atomic E-state index is 13.1. The molecule has 0 aliphatic carbocycles. The van der Waals surface area contributed by atoms with Crippen LogP contribution >= 0.6 is 27.7 Å². The van der Waals surface area contributed by atoms with Crippen LogP contribution < -0.4 is 5.32 Å². The fraction of sp³-hybridized carbons (Fsp3) is 0.105. The molecule has 0 aliphatic rings. The summed E-state index contributed by atoms with van der Waals surface area (Å²) >= 11 is 5.03. The van der Waals surface area contributed by atoms with E-state index >= 15 is 0 Å². The lowest BCUT2D eigenvalue weighted by Crippen LogP contribution is -2.02. The van der Waals surface area contributed by atoms with Gasteiger partial charge in [0, 0.05) is 27.7 Å². The second-order valence-corrected chi connectivity index (χ2v) is 7.80. The van der Waals surface area contributed by atoms with E-state index in [1.54, 1.807) is 28.4 Å². The number of hydrogen-bond acceptors (Lipinski definition) is 5. The van der Waals surface area contributed by atoms with Crippen molar-refractivity contribution < 1.29 is 4.39 Å². The highest BCUT2D eigenvalue weighted by atomic mass is 79.9. The molecule has 0 radical (unpaired) electrons. The quantitative estimate of drug-likeness (QED) is 0.420. The molecule has 136 valence electrons. The van der Waals surface area contributed by atoms with Crippen molar-refractivity contribution in [3.05, 3.63) is 76.1 Å². The van der Waals surface area contributed by atoms with Gasteiger partial charge < -0.3 is 5.32 Å². The molecule has 2 heterocycles. The molecule has 5 nitrogen and oxygen atoms in total. The van der Waals surface area contributed by atoms with Crippen molar-refractivity contribution in [1.82, 2.24) is 19.6 Å². The van der Waals surface area contributed by atoms with E-state index in [0.29, 0.717) is 10.9 Å². The number of benzene rings is 2. The average Bonchev–Trinajstić information content (AvgIpc) is 3.05. The smallest absolute Gasteiger partial charge is 0.255 e. The molecule has 1 N–H and O–H groups in total. The maximum Gasteiger partial charge on any atom is 0.255 e. The van der Waals surface area contributed by atoms with Crippen molar-refractivity contribution >= 4 is 45.0 Å². The molecule has 0 fully saturated rings. The summed E-state index contributed by atoms with van der Waals surface area (Å²) in [5.41, 5.74) is 2.77. The molecule has 0 amide bonds. The van der Waals surface area contributed by atoms with Crippen LogP contribution in [-0.2, 0) is 5.75 Å². The third-order valence-electron chi connectivity index (χ3n) is 3.79. The third-order valence-corrected chi connectivity index (χ3v) is 5.20. The van der Waals surface area contributed by atoms with Crippen LogP contribution in [0.1, 0.15) is 11.3 Å². The van der Waals surface area contributed by atoms with Gasteiger partial charge in [0.2, 0.25) is 5.16 Å². The van der Waals surface area contributed by atoms with Crippen LogP contribution in [0.25, 0.3) is 5.78 Å². The monoisotopic (exact) mass is 443 g/mol. The number of thioether (sulfide) groups is 1. The first-order valence-electron chi connectivity index (χ1n) is 8.21. The Balaban J connectivity index is 1.60. The second-order valence-electron chi connectivity index (χ2n) is 5.94. The highest BCUT2D eigenvalue weighted by Gasteiger charge is 2.11. The van der Waals surface area contributed by atoms with Crippen LogP contribution in [0.15, 0.2) is 64.2 Å². The summed E-state index contributed by atoms with van der Waals surface area (Å²) < 4.78 is 15.8. The molecule has 0 aliphatic heterocycles. The van der Waals surface area contributed by atoms with E-state index in [4.69, 9.17) is 0 Å². The molecule has 0 saturated heterocycles. The largest absolute Gasteiger partial charge is 0.340 e. The van der Waals surface area contributed by atoms with Gasteiger partial charge in [-0.05, 0) is 48.9 Å². The molecule has 27 heavy (non-hydrogen) atoms. The molecule has 0 saturated carbocycles. The molecule has 0 unspecified atom stereocenters. The normalized spacial score (nSPS) is 11.1. The number of nitrogens with one attached hydrogen (secondary N) is 1. The maximum atomic E-state index is 13.1. The number of hydrogen-bond donors (Lipinski definition) is 1. The van der Waals surface area contributed by atoms with E-state index in [0.717, 1.165) is 27.4 Å². The van der Waals surface area contributed by atoms with Gasteiger partial charge in [0.05, 0.1) is 0 Å². The number of nitrogens with zero attached hydrogens (tertiary/aromatic N) is 4. The zero-order valence-corrected chi connectivity index (χ0v) is 16.8. The molecule has 0 bridgehead atoms. The van der Waals surface area contributed by atoms with Gasteiger partial charge in [0.1, 0.15) is 11.6 Å². The summed E-state index contributed by atoms with van der Waals surface area (Å²) in [5.74, 6) is 1.74. The lowest BCUT2D eigenvalue weighted by atomic mass is 10.2. The van der Waals surface area contributed by atoms with Gasteiger partial charge in [0.25, 0.3) is 5.78 Å². The van der Waals surface area contributed by atoms with Crippen molar-refractivity contribution in [1.29, 1.82) is 0 Å². The predicted molar refractivity (Wildman–Crippen MR) is 109 cm³/mol. The van der Waals surface area contributed by atoms with Crippen LogP contribution in [-0.4, -0.2) is 19.6 Å². The van der Waals surface area contributed by atoms with E-state index in [1.165, 1.54) is 17.7 Å². The van der Waals surface area contributed by atoms with Crippen LogP contribution in [0.3, 0.4) is 0 Å². The summed E-state index contributed by atoms with van der Waals surface area (Å²) in [6, 6.07) is 16.2. The third kappa shape index (κ3) is 4.28. The Morgan fingerprint density at radius 1 is 1.11 bits per heavy atom. The molecule has 8 heteroatoms. The SMILES string of the molecule is Cc1cc(Nc2ccc(F)cc2)n2nc(SCc3cccc(Br)c3)nc2n1. The fourth-order valence-electron chi connectivity index (χ4n) is 2.57. The minimum atomic E-state index is -0.274. The average molecular weight is 444 g/mol. The van der Waals surface area contributed by atoms with Crippen LogP contribution in [0.5, 0.6) is 0 Å². The molecule has 2 aromatic carbocycles. The Kier molecular flexibility index (Phi) is 5.09. The molecular weight excluding hydrogens is 429 g/mol. The molecule has 4 rings (SSSR count). The first-order valence-corrected chi connectivity index (χ1v) is 9.99. The topological polar surface area (TPSA) is 55.1 Å². The number of aromatic nitrogens is 4. The highest BCUT2D eigenvalue weighted by Crippen LogP contribution is 2.24. The molecule has 0 atom stereocenters. The van der Waals surface area contributed by atoms with Crippen molar-refractivity contribution in [2.75, 3.05) is 5.32 Å². The van der Waals surface area contributed by atoms with E-state index in [9.17, 15) is 4.39 Å². The fourth-order valence-corrected chi connectivity index (χ4v) is 3.78.